The van der Waals surface area contributed by atoms with Gasteiger partial charge in [-0.1, -0.05) is 32.4 Å². The largest absolute Gasteiger partial charge is 0.396 e. The van der Waals surface area contributed by atoms with E-state index < -0.39 is 0 Å². The van der Waals surface area contributed by atoms with Gasteiger partial charge < -0.3 is 10.4 Å². The monoisotopic (exact) mass is 257 g/mol. The molecule has 0 amide bonds. The number of anilines is 1. The molecule has 1 unspecified atom stereocenters. The summed E-state index contributed by atoms with van der Waals surface area (Å²) in [4.78, 5) is 8.66. The molecule has 5 heteroatoms. The van der Waals surface area contributed by atoms with Gasteiger partial charge in [0.1, 0.15) is 16.8 Å². The lowest BCUT2D eigenvalue weighted by Gasteiger charge is -2.19. The molecule has 1 atom stereocenters. The first kappa shape index (κ1) is 14.2. The molecule has 1 aromatic rings. The lowest BCUT2D eigenvalue weighted by molar-refractivity contribution is 0.282. The highest BCUT2D eigenvalue weighted by Gasteiger charge is 2.19. The van der Waals surface area contributed by atoms with Crippen LogP contribution in [0.25, 0.3) is 0 Å². The Morgan fingerprint density at radius 1 is 1.41 bits per heavy atom. The van der Waals surface area contributed by atoms with Gasteiger partial charge in [0.05, 0.1) is 0 Å². The van der Waals surface area contributed by atoms with Gasteiger partial charge in [-0.25, -0.2) is 9.97 Å². The van der Waals surface area contributed by atoms with Crippen molar-refractivity contribution in [1.82, 2.24) is 9.97 Å². The fourth-order valence-corrected chi connectivity index (χ4v) is 1.53. The number of aliphatic hydroxyl groups excluding tert-OH is 1. The molecule has 0 aliphatic carbocycles. The van der Waals surface area contributed by atoms with Crippen LogP contribution in [0.3, 0.4) is 0 Å². The Bertz CT molecular complexity index is 377. The molecule has 0 saturated heterocycles. The summed E-state index contributed by atoms with van der Waals surface area (Å²) >= 11 is 5.98. The summed E-state index contributed by atoms with van der Waals surface area (Å²) in [6, 6.07) is 1.85. The third kappa shape index (κ3) is 4.48. The summed E-state index contributed by atoms with van der Waals surface area (Å²) in [6.45, 7) is 8.26. The fourth-order valence-electron chi connectivity index (χ4n) is 1.35. The minimum atomic E-state index is -0.137. The van der Waals surface area contributed by atoms with Crippen LogP contribution in [-0.4, -0.2) is 27.7 Å². The van der Waals surface area contributed by atoms with E-state index in [1.165, 1.54) is 0 Å². The Balaban J connectivity index is 2.90. The maximum Gasteiger partial charge on any atom is 0.137 e. The standard InChI is InChI=1S/C12H20ClN3O/c1-8(5-6-17)14-10-7-9(13)15-11(16-10)12(2,3)4/h7-8,17H,5-6H2,1-4H3,(H,14,15,16). The van der Waals surface area contributed by atoms with Crippen molar-refractivity contribution in [2.24, 2.45) is 0 Å². The van der Waals surface area contributed by atoms with Gasteiger partial charge >= 0.3 is 0 Å². The number of nitrogens with one attached hydrogen (secondary N) is 1. The number of hydrogen-bond acceptors (Lipinski definition) is 4. The average Bonchev–Trinajstić information content (AvgIpc) is 2.15. The van der Waals surface area contributed by atoms with Crippen molar-refractivity contribution in [3.8, 4) is 0 Å². The van der Waals surface area contributed by atoms with E-state index >= 15 is 0 Å². The second-order valence-corrected chi connectivity index (χ2v) is 5.59. The van der Waals surface area contributed by atoms with Crippen molar-refractivity contribution in [2.75, 3.05) is 11.9 Å². The van der Waals surface area contributed by atoms with E-state index in [1.54, 1.807) is 6.07 Å². The molecular weight excluding hydrogens is 238 g/mol. The van der Waals surface area contributed by atoms with Crippen LogP contribution in [0.1, 0.15) is 39.9 Å². The highest BCUT2D eigenvalue weighted by Crippen LogP contribution is 2.22. The van der Waals surface area contributed by atoms with Crippen LogP contribution in [0, 0.1) is 0 Å². The second-order valence-electron chi connectivity index (χ2n) is 5.21. The molecule has 2 N–H and O–H groups in total. The van der Waals surface area contributed by atoms with Crippen molar-refractivity contribution in [3.05, 3.63) is 17.0 Å². The van der Waals surface area contributed by atoms with Crippen molar-refractivity contribution in [2.45, 2.75) is 45.6 Å². The first-order valence-electron chi connectivity index (χ1n) is 5.75. The molecule has 0 aromatic carbocycles. The molecule has 0 fully saturated rings. The smallest absolute Gasteiger partial charge is 0.137 e. The lowest BCUT2D eigenvalue weighted by atomic mass is 9.96. The van der Waals surface area contributed by atoms with Crippen LogP contribution < -0.4 is 5.32 Å². The Kier molecular flexibility index (Phi) is 4.71. The third-order valence-corrected chi connectivity index (χ3v) is 2.52. The van der Waals surface area contributed by atoms with E-state index in [1.807, 2.05) is 27.7 Å². The Labute approximate surface area is 107 Å². The van der Waals surface area contributed by atoms with Gasteiger partial charge in [0.25, 0.3) is 0 Å². The van der Waals surface area contributed by atoms with Crippen molar-refractivity contribution in [3.63, 3.8) is 0 Å². The van der Waals surface area contributed by atoms with Crippen LogP contribution in [0.2, 0.25) is 5.15 Å². The zero-order valence-corrected chi connectivity index (χ0v) is 11.5. The van der Waals surface area contributed by atoms with E-state index in [9.17, 15) is 0 Å². The molecule has 4 nitrogen and oxygen atoms in total. The topological polar surface area (TPSA) is 58.0 Å². The normalized spacial score (nSPS) is 13.5. The number of aliphatic hydroxyl groups is 1. The van der Waals surface area contributed by atoms with Gasteiger partial charge in [0.2, 0.25) is 0 Å². The zero-order chi connectivity index (χ0) is 13.1. The fraction of sp³-hybridized carbons (Fsp3) is 0.667. The highest BCUT2D eigenvalue weighted by atomic mass is 35.5. The molecule has 0 saturated carbocycles. The first-order valence-corrected chi connectivity index (χ1v) is 6.13. The van der Waals surface area contributed by atoms with Crippen LogP contribution in [0.15, 0.2) is 6.07 Å². The van der Waals surface area contributed by atoms with Gasteiger partial charge in [0.15, 0.2) is 0 Å². The molecule has 0 radical (unpaired) electrons. The van der Waals surface area contributed by atoms with Crippen LogP contribution in [-0.2, 0) is 5.41 Å². The van der Waals surface area contributed by atoms with Gasteiger partial charge in [-0.15, -0.1) is 0 Å². The van der Waals surface area contributed by atoms with Crippen LogP contribution in [0.4, 0.5) is 5.82 Å². The van der Waals surface area contributed by atoms with E-state index in [4.69, 9.17) is 16.7 Å². The Morgan fingerprint density at radius 2 is 2.06 bits per heavy atom. The van der Waals surface area contributed by atoms with Crippen molar-refractivity contribution in [1.29, 1.82) is 0 Å². The summed E-state index contributed by atoms with van der Waals surface area (Å²) in [5.74, 6) is 1.42. The molecule has 1 heterocycles. The quantitative estimate of drug-likeness (QED) is 0.814. The van der Waals surface area contributed by atoms with Gasteiger partial charge in [-0.3, -0.25) is 0 Å². The molecule has 0 aliphatic rings. The Hall–Kier alpha value is -0.870. The van der Waals surface area contributed by atoms with Crippen LogP contribution in [0.5, 0.6) is 0 Å². The Morgan fingerprint density at radius 3 is 2.59 bits per heavy atom. The molecule has 17 heavy (non-hydrogen) atoms. The van der Waals surface area contributed by atoms with Crippen LogP contribution >= 0.6 is 11.6 Å². The molecule has 0 bridgehead atoms. The molecular formula is C12H20ClN3O. The predicted molar refractivity (Wildman–Crippen MR) is 70.5 cm³/mol. The number of nitrogens with zero attached hydrogens (tertiary/aromatic N) is 2. The number of halogens is 1. The maximum atomic E-state index is 8.85. The molecule has 0 aliphatic heterocycles. The summed E-state index contributed by atoms with van der Waals surface area (Å²) in [5, 5.41) is 12.5. The molecule has 96 valence electrons. The second kappa shape index (κ2) is 5.65. The minimum absolute atomic E-state index is 0.137. The maximum absolute atomic E-state index is 8.85. The third-order valence-electron chi connectivity index (χ3n) is 2.32. The van der Waals surface area contributed by atoms with E-state index in [-0.39, 0.29) is 18.1 Å². The molecule has 1 rings (SSSR count). The van der Waals surface area contributed by atoms with Crippen molar-refractivity contribution < 1.29 is 5.11 Å². The first-order chi connectivity index (χ1) is 7.82. The lowest BCUT2D eigenvalue weighted by Crippen LogP contribution is -2.21. The highest BCUT2D eigenvalue weighted by molar-refractivity contribution is 6.29. The molecule has 0 spiro atoms. The van der Waals surface area contributed by atoms with Gasteiger partial charge in [0, 0.05) is 24.1 Å². The number of aromatic nitrogens is 2. The average molecular weight is 258 g/mol. The summed E-state index contributed by atoms with van der Waals surface area (Å²) < 4.78 is 0. The zero-order valence-electron chi connectivity index (χ0n) is 10.8. The summed E-state index contributed by atoms with van der Waals surface area (Å²) in [6.07, 6.45) is 0.673. The van der Waals surface area contributed by atoms with E-state index in [2.05, 4.69) is 15.3 Å². The number of hydrogen-bond donors (Lipinski definition) is 2. The van der Waals surface area contributed by atoms with E-state index in [0.29, 0.717) is 23.2 Å². The summed E-state index contributed by atoms with van der Waals surface area (Å²) in [7, 11) is 0. The minimum Gasteiger partial charge on any atom is -0.396 e. The van der Waals surface area contributed by atoms with Gasteiger partial charge in [-0.05, 0) is 13.3 Å². The molecule has 1 aromatic heterocycles. The summed E-state index contributed by atoms with van der Waals surface area (Å²) in [5.41, 5.74) is -0.137. The van der Waals surface area contributed by atoms with Crippen molar-refractivity contribution >= 4 is 17.4 Å². The predicted octanol–water partition coefficient (Wildman–Crippen LogP) is 2.61. The number of rotatable bonds is 4. The van der Waals surface area contributed by atoms with E-state index in [0.717, 1.165) is 0 Å². The SMILES string of the molecule is CC(CCO)Nc1cc(Cl)nc(C(C)(C)C)n1. The van der Waals surface area contributed by atoms with Gasteiger partial charge in [-0.2, -0.15) is 0 Å².